The zero-order chi connectivity index (χ0) is 14.2. The third-order valence-electron chi connectivity index (χ3n) is 3.07. The summed E-state index contributed by atoms with van der Waals surface area (Å²) in [5.41, 5.74) is 0.564. The third-order valence-corrected chi connectivity index (χ3v) is 5.39. The highest BCUT2D eigenvalue weighted by molar-refractivity contribution is 9.10. The van der Waals surface area contributed by atoms with Crippen molar-refractivity contribution >= 4 is 31.6 Å². The first-order valence-corrected chi connectivity index (χ1v) is 8.32. The molecule has 0 amide bonds. The summed E-state index contributed by atoms with van der Waals surface area (Å²) in [6, 6.07) is 13.8. The molecular weight excluding hydrogens is 342 g/mol. The fourth-order valence-electron chi connectivity index (χ4n) is 2.14. The van der Waals surface area contributed by atoms with Crippen LogP contribution in [0, 0.1) is 0 Å². The van der Waals surface area contributed by atoms with Gasteiger partial charge in [-0.1, -0.05) is 34.1 Å². The molecule has 2 aromatic carbocycles. The van der Waals surface area contributed by atoms with Crippen molar-refractivity contribution in [3.63, 3.8) is 0 Å². The number of ether oxygens (including phenoxy) is 1. The molecule has 0 saturated carbocycles. The summed E-state index contributed by atoms with van der Waals surface area (Å²) in [5.74, 6) is 0.582. The summed E-state index contributed by atoms with van der Waals surface area (Å²) in [4.78, 5) is 0.285. The van der Waals surface area contributed by atoms with E-state index in [2.05, 4.69) is 15.9 Å². The fourth-order valence-corrected chi connectivity index (χ4v) is 3.96. The van der Waals surface area contributed by atoms with Gasteiger partial charge in [0.05, 0.1) is 17.1 Å². The van der Waals surface area contributed by atoms with Gasteiger partial charge in [0, 0.05) is 4.47 Å². The topological polar surface area (TPSA) is 46.6 Å². The molecule has 0 atom stereocenters. The van der Waals surface area contributed by atoms with Crippen LogP contribution >= 0.6 is 15.9 Å². The number of hydrogen-bond donors (Lipinski definition) is 0. The Kier molecular flexibility index (Phi) is 3.43. The van der Waals surface area contributed by atoms with E-state index in [1.165, 1.54) is 4.31 Å². The second kappa shape index (κ2) is 5.10. The maximum absolute atomic E-state index is 12.7. The number of sulfonamides is 1. The summed E-state index contributed by atoms with van der Waals surface area (Å²) < 4.78 is 33.2. The third kappa shape index (κ3) is 2.29. The van der Waals surface area contributed by atoms with Gasteiger partial charge in [0.2, 0.25) is 0 Å². The summed E-state index contributed by atoms with van der Waals surface area (Å²) in [6.45, 7) is 0.654. The van der Waals surface area contributed by atoms with Crippen LogP contribution in [0.1, 0.15) is 0 Å². The zero-order valence-electron chi connectivity index (χ0n) is 10.5. The Morgan fingerprint density at radius 1 is 1.10 bits per heavy atom. The first-order chi connectivity index (χ1) is 9.59. The van der Waals surface area contributed by atoms with Crippen molar-refractivity contribution in [2.75, 3.05) is 17.5 Å². The molecule has 20 heavy (non-hydrogen) atoms. The molecule has 4 nitrogen and oxygen atoms in total. The lowest BCUT2D eigenvalue weighted by molar-refractivity contribution is 0.316. The van der Waals surface area contributed by atoms with Crippen molar-refractivity contribution in [2.45, 2.75) is 4.90 Å². The number of fused-ring (bicyclic) bond motifs is 1. The van der Waals surface area contributed by atoms with Crippen LogP contribution in [0.3, 0.4) is 0 Å². The molecule has 0 aliphatic carbocycles. The van der Waals surface area contributed by atoms with Gasteiger partial charge in [-0.3, -0.25) is 4.31 Å². The first-order valence-electron chi connectivity index (χ1n) is 6.09. The molecule has 0 fully saturated rings. The van der Waals surface area contributed by atoms with Gasteiger partial charge < -0.3 is 4.74 Å². The molecule has 0 radical (unpaired) electrons. The predicted molar refractivity (Wildman–Crippen MR) is 80.6 cm³/mol. The second-order valence-corrected chi connectivity index (χ2v) is 7.13. The normalized spacial score (nSPS) is 14.6. The zero-order valence-corrected chi connectivity index (χ0v) is 12.9. The van der Waals surface area contributed by atoms with Crippen LogP contribution in [0.25, 0.3) is 0 Å². The summed E-state index contributed by atoms with van der Waals surface area (Å²) in [5, 5.41) is 0. The maximum atomic E-state index is 12.7. The van der Waals surface area contributed by atoms with Crippen LogP contribution in [0.2, 0.25) is 0 Å². The minimum atomic E-state index is -3.56. The molecule has 104 valence electrons. The number of halogens is 1. The Hall–Kier alpha value is -1.53. The Morgan fingerprint density at radius 3 is 2.60 bits per heavy atom. The van der Waals surface area contributed by atoms with Crippen LogP contribution in [0.5, 0.6) is 5.75 Å². The van der Waals surface area contributed by atoms with Gasteiger partial charge in [-0.05, 0) is 30.3 Å². The van der Waals surface area contributed by atoms with Gasteiger partial charge in [-0.25, -0.2) is 8.42 Å². The Labute approximate surface area is 126 Å². The van der Waals surface area contributed by atoms with E-state index < -0.39 is 10.0 Å². The Morgan fingerprint density at radius 2 is 1.85 bits per heavy atom. The standard InChI is InChI=1S/C14H12BrNO3S/c15-11-6-7-14-13(10-11)16(8-9-19-14)20(17,18)12-4-2-1-3-5-12/h1-7,10H,8-9H2. The average molecular weight is 354 g/mol. The van der Waals surface area contributed by atoms with E-state index >= 15 is 0 Å². The second-order valence-electron chi connectivity index (χ2n) is 4.35. The first kappa shape index (κ1) is 13.5. The van der Waals surface area contributed by atoms with Gasteiger partial charge in [0.1, 0.15) is 12.4 Å². The molecule has 0 saturated heterocycles. The number of nitrogens with zero attached hydrogens (tertiary/aromatic N) is 1. The molecule has 2 aromatic rings. The Balaban J connectivity index is 2.11. The van der Waals surface area contributed by atoms with E-state index in [1.54, 1.807) is 42.5 Å². The van der Waals surface area contributed by atoms with E-state index in [0.717, 1.165) is 4.47 Å². The molecule has 1 heterocycles. The van der Waals surface area contributed by atoms with E-state index in [0.29, 0.717) is 24.6 Å². The average Bonchev–Trinajstić information content (AvgIpc) is 2.47. The lowest BCUT2D eigenvalue weighted by atomic mass is 10.2. The molecule has 0 aromatic heterocycles. The van der Waals surface area contributed by atoms with Gasteiger partial charge in [0.25, 0.3) is 10.0 Å². The highest BCUT2D eigenvalue weighted by Crippen LogP contribution is 2.37. The van der Waals surface area contributed by atoms with Crippen LogP contribution < -0.4 is 9.04 Å². The van der Waals surface area contributed by atoms with Crippen LogP contribution in [0.15, 0.2) is 57.9 Å². The number of rotatable bonds is 2. The number of hydrogen-bond acceptors (Lipinski definition) is 3. The lowest BCUT2D eigenvalue weighted by Crippen LogP contribution is -2.37. The monoisotopic (exact) mass is 353 g/mol. The molecule has 3 rings (SSSR count). The van der Waals surface area contributed by atoms with Crippen molar-refractivity contribution in [3.8, 4) is 5.75 Å². The molecule has 0 spiro atoms. The van der Waals surface area contributed by atoms with Crippen molar-refractivity contribution < 1.29 is 13.2 Å². The van der Waals surface area contributed by atoms with Gasteiger partial charge in [0.15, 0.2) is 0 Å². The molecule has 0 unspecified atom stereocenters. The predicted octanol–water partition coefficient (Wildman–Crippen LogP) is 3.04. The smallest absolute Gasteiger partial charge is 0.264 e. The number of benzene rings is 2. The van der Waals surface area contributed by atoms with Crippen molar-refractivity contribution in [1.29, 1.82) is 0 Å². The van der Waals surface area contributed by atoms with E-state index in [4.69, 9.17) is 4.74 Å². The van der Waals surface area contributed by atoms with Crippen molar-refractivity contribution in [1.82, 2.24) is 0 Å². The molecule has 0 bridgehead atoms. The van der Waals surface area contributed by atoms with Crippen LogP contribution in [-0.2, 0) is 10.0 Å². The fraction of sp³-hybridized carbons (Fsp3) is 0.143. The largest absolute Gasteiger partial charge is 0.489 e. The molecular formula is C14H12BrNO3S. The van der Waals surface area contributed by atoms with Gasteiger partial charge in [-0.15, -0.1) is 0 Å². The van der Waals surface area contributed by atoms with Crippen molar-refractivity contribution in [3.05, 3.63) is 53.0 Å². The summed E-state index contributed by atoms with van der Waals surface area (Å²) in [7, 11) is -3.56. The molecule has 6 heteroatoms. The van der Waals surface area contributed by atoms with Gasteiger partial charge in [-0.2, -0.15) is 0 Å². The SMILES string of the molecule is O=S(=O)(c1ccccc1)N1CCOc2ccc(Br)cc21. The minimum Gasteiger partial charge on any atom is -0.489 e. The molecule has 1 aliphatic rings. The number of anilines is 1. The minimum absolute atomic E-state index is 0.285. The lowest BCUT2D eigenvalue weighted by Gasteiger charge is -2.30. The summed E-state index contributed by atoms with van der Waals surface area (Å²) >= 11 is 3.36. The maximum Gasteiger partial charge on any atom is 0.264 e. The van der Waals surface area contributed by atoms with Crippen LogP contribution in [-0.4, -0.2) is 21.6 Å². The highest BCUT2D eigenvalue weighted by Gasteiger charge is 2.29. The van der Waals surface area contributed by atoms with Crippen LogP contribution in [0.4, 0.5) is 5.69 Å². The quantitative estimate of drug-likeness (QED) is 0.833. The Bertz CT molecular complexity index is 731. The molecule has 0 N–H and O–H groups in total. The highest BCUT2D eigenvalue weighted by atomic mass is 79.9. The van der Waals surface area contributed by atoms with E-state index in [9.17, 15) is 8.42 Å². The van der Waals surface area contributed by atoms with E-state index in [-0.39, 0.29) is 4.90 Å². The van der Waals surface area contributed by atoms with E-state index in [1.807, 2.05) is 6.07 Å². The van der Waals surface area contributed by atoms with Crippen molar-refractivity contribution in [2.24, 2.45) is 0 Å². The summed E-state index contributed by atoms with van der Waals surface area (Å²) in [6.07, 6.45) is 0. The van der Waals surface area contributed by atoms with Gasteiger partial charge >= 0.3 is 0 Å². The molecule has 1 aliphatic heterocycles.